The molecule has 0 saturated heterocycles. The van der Waals surface area contributed by atoms with Crippen LogP contribution in [0.25, 0.3) is 0 Å². The Balaban J connectivity index is 2.15. The third-order valence-corrected chi connectivity index (χ3v) is 2.63. The van der Waals surface area contributed by atoms with Crippen LogP contribution in [0.15, 0.2) is 23.4 Å². The van der Waals surface area contributed by atoms with Gasteiger partial charge in [0.1, 0.15) is 18.7 Å². The fourth-order valence-corrected chi connectivity index (χ4v) is 1.67. The average molecular weight is 263 g/mol. The molecule has 3 N–H and O–H groups in total. The van der Waals surface area contributed by atoms with Gasteiger partial charge in [0.15, 0.2) is 0 Å². The van der Waals surface area contributed by atoms with E-state index in [1.165, 1.54) is 17.1 Å². The highest BCUT2D eigenvalue weighted by molar-refractivity contribution is 5.38. The van der Waals surface area contributed by atoms with E-state index in [0.717, 1.165) is 0 Å². The smallest absolute Gasteiger partial charge is 0.269 e. The predicted octanol–water partition coefficient (Wildman–Crippen LogP) is -0.726. The van der Waals surface area contributed by atoms with Gasteiger partial charge in [-0.05, 0) is 6.92 Å². The van der Waals surface area contributed by atoms with Gasteiger partial charge in [-0.2, -0.15) is 10.2 Å². The van der Waals surface area contributed by atoms with Crippen molar-refractivity contribution < 1.29 is 0 Å². The summed E-state index contributed by atoms with van der Waals surface area (Å²) in [5, 5.41) is 11.2. The van der Waals surface area contributed by atoms with Crippen LogP contribution in [-0.4, -0.2) is 37.6 Å². The largest absolute Gasteiger partial charge is 0.382 e. The third-order valence-electron chi connectivity index (χ3n) is 2.63. The lowest BCUT2D eigenvalue weighted by molar-refractivity contribution is 0.551. The molecule has 0 atom stereocenters. The minimum absolute atomic E-state index is 0.187. The monoisotopic (exact) mass is 263 g/mol. The maximum atomic E-state index is 11.9. The molecule has 19 heavy (non-hydrogen) atoms. The molecule has 2 aromatic rings. The molecule has 8 heteroatoms. The zero-order valence-corrected chi connectivity index (χ0v) is 10.8. The van der Waals surface area contributed by atoms with Crippen LogP contribution < -0.4 is 16.6 Å². The summed E-state index contributed by atoms with van der Waals surface area (Å²) in [6.07, 6.45) is 3.07. The third kappa shape index (κ3) is 3.16. The van der Waals surface area contributed by atoms with E-state index >= 15 is 0 Å². The zero-order valence-electron chi connectivity index (χ0n) is 10.8. The summed E-state index contributed by atoms with van der Waals surface area (Å²) in [5.74, 6) is 0.708. The van der Waals surface area contributed by atoms with Crippen LogP contribution >= 0.6 is 0 Å². The first-order valence-electron chi connectivity index (χ1n) is 6.12. The van der Waals surface area contributed by atoms with Crippen molar-refractivity contribution in [2.24, 2.45) is 5.73 Å². The maximum absolute atomic E-state index is 11.9. The summed E-state index contributed by atoms with van der Waals surface area (Å²) >= 11 is 0. The Hall–Kier alpha value is -2.22. The Bertz CT molecular complexity index is 589. The number of nitrogens with zero attached hydrogens (tertiary/aromatic N) is 5. The van der Waals surface area contributed by atoms with Crippen molar-refractivity contribution in [3.05, 3.63) is 34.8 Å². The summed E-state index contributed by atoms with van der Waals surface area (Å²) in [6.45, 7) is 4.09. The Labute approximate surface area is 110 Å². The minimum atomic E-state index is -0.187. The highest BCUT2D eigenvalue weighted by Crippen LogP contribution is 2.00. The fraction of sp³-hybridized carbons (Fsp3) is 0.455. The number of aryl methyl sites for hydroxylation is 1. The van der Waals surface area contributed by atoms with E-state index in [-0.39, 0.29) is 5.56 Å². The molecule has 8 nitrogen and oxygen atoms in total. The number of hydrogen-bond acceptors (Lipinski definition) is 6. The highest BCUT2D eigenvalue weighted by Gasteiger charge is 2.06. The molecular formula is C11H17N7O. The van der Waals surface area contributed by atoms with E-state index in [0.29, 0.717) is 37.7 Å². The first-order valence-corrected chi connectivity index (χ1v) is 6.12. The summed E-state index contributed by atoms with van der Waals surface area (Å²) in [5.41, 5.74) is 5.87. The summed E-state index contributed by atoms with van der Waals surface area (Å²) in [6, 6.07) is 1.50. The number of nitrogens with one attached hydrogen (secondary N) is 1. The molecule has 0 bridgehead atoms. The predicted molar refractivity (Wildman–Crippen MR) is 70.8 cm³/mol. The second kappa shape index (κ2) is 6.10. The van der Waals surface area contributed by atoms with E-state index in [9.17, 15) is 4.79 Å². The summed E-state index contributed by atoms with van der Waals surface area (Å²) in [7, 11) is 0. The molecule has 102 valence electrons. The molecule has 0 unspecified atom stereocenters. The SMILES string of the molecule is CCn1ncnc1Cn1ncc(NCCN)cc1=O. The number of hydrogen-bond donors (Lipinski definition) is 2. The van der Waals surface area contributed by atoms with E-state index in [1.54, 1.807) is 10.9 Å². The minimum Gasteiger partial charge on any atom is -0.382 e. The Kier molecular flexibility index (Phi) is 4.24. The molecule has 0 aliphatic rings. The molecular weight excluding hydrogens is 246 g/mol. The maximum Gasteiger partial charge on any atom is 0.269 e. The molecule has 2 heterocycles. The van der Waals surface area contributed by atoms with Crippen molar-refractivity contribution >= 4 is 5.69 Å². The normalized spacial score (nSPS) is 10.6. The number of rotatable bonds is 6. The average Bonchev–Trinajstić information content (AvgIpc) is 2.86. The van der Waals surface area contributed by atoms with Crippen LogP contribution in [0.3, 0.4) is 0 Å². The fourth-order valence-electron chi connectivity index (χ4n) is 1.67. The van der Waals surface area contributed by atoms with E-state index < -0.39 is 0 Å². The van der Waals surface area contributed by atoms with Crippen molar-refractivity contribution in [1.29, 1.82) is 0 Å². The molecule has 2 rings (SSSR count). The van der Waals surface area contributed by atoms with Crippen LogP contribution in [0.5, 0.6) is 0 Å². The van der Waals surface area contributed by atoms with E-state index in [4.69, 9.17) is 5.73 Å². The lowest BCUT2D eigenvalue weighted by atomic mass is 10.4. The number of anilines is 1. The van der Waals surface area contributed by atoms with Crippen molar-refractivity contribution in [3.63, 3.8) is 0 Å². The molecule has 0 aromatic carbocycles. The summed E-state index contributed by atoms with van der Waals surface area (Å²) < 4.78 is 3.08. The van der Waals surface area contributed by atoms with Crippen LogP contribution in [0, 0.1) is 0 Å². The number of aromatic nitrogens is 5. The first-order chi connectivity index (χ1) is 9.24. The quantitative estimate of drug-likeness (QED) is 0.712. The second-order valence-corrected chi connectivity index (χ2v) is 3.95. The van der Waals surface area contributed by atoms with Gasteiger partial charge in [-0.15, -0.1) is 0 Å². The molecule has 0 aliphatic carbocycles. The standard InChI is InChI=1S/C11H17N7O/c1-2-17-10(14-8-16-17)7-18-11(19)5-9(6-15-18)13-4-3-12/h5-6,8,13H,2-4,7,12H2,1H3. The van der Waals surface area contributed by atoms with Gasteiger partial charge in [0.25, 0.3) is 5.56 Å². The molecule has 0 amide bonds. The van der Waals surface area contributed by atoms with Crippen LogP contribution in [0.4, 0.5) is 5.69 Å². The second-order valence-electron chi connectivity index (χ2n) is 3.95. The Morgan fingerprint density at radius 3 is 2.89 bits per heavy atom. The molecule has 0 spiro atoms. The van der Waals surface area contributed by atoms with E-state index in [1.807, 2.05) is 6.92 Å². The number of nitrogens with two attached hydrogens (primary N) is 1. The van der Waals surface area contributed by atoms with Crippen LogP contribution in [0.2, 0.25) is 0 Å². The first kappa shape index (κ1) is 13.2. The lowest BCUT2D eigenvalue weighted by Crippen LogP contribution is -2.25. The molecule has 2 aromatic heterocycles. The van der Waals surface area contributed by atoms with Gasteiger partial charge >= 0.3 is 0 Å². The topological polar surface area (TPSA) is 104 Å². The van der Waals surface area contributed by atoms with Gasteiger partial charge in [-0.25, -0.2) is 14.3 Å². The molecule has 0 radical (unpaired) electrons. The van der Waals surface area contributed by atoms with Crippen molar-refractivity contribution in [1.82, 2.24) is 24.5 Å². The zero-order chi connectivity index (χ0) is 13.7. The van der Waals surface area contributed by atoms with Gasteiger partial charge < -0.3 is 11.1 Å². The molecule has 0 saturated carbocycles. The van der Waals surface area contributed by atoms with Gasteiger partial charge in [-0.1, -0.05) is 0 Å². The Morgan fingerprint density at radius 1 is 1.37 bits per heavy atom. The molecule has 0 aliphatic heterocycles. The Morgan fingerprint density at radius 2 is 2.21 bits per heavy atom. The van der Waals surface area contributed by atoms with Crippen molar-refractivity contribution in [2.45, 2.75) is 20.0 Å². The van der Waals surface area contributed by atoms with Crippen molar-refractivity contribution in [2.75, 3.05) is 18.4 Å². The highest BCUT2D eigenvalue weighted by atomic mass is 16.1. The van der Waals surface area contributed by atoms with Crippen LogP contribution in [-0.2, 0) is 13.1 Å². The van der Waals surface area contributed by atoms with Gasteiger partial charge in [0, 0.05) is 25.7 Å². The van der Waals surface area contributed by atoms with Crippen molar-refractivity contribution in [3.8, 4) is 0 Å². The van der Waals surface area contributed by atoms with Gasteiger partial charge in [0.05, 0.1) is 11.9 Å². The van der Waals surface area contributed by atoms with Crippen LogP contribution in [0.1, 0.15) is 12.7 Å². The molecule has 0 fully saturated rings. The van der Waals surface area contributed by atoms with Gasteiger partial charge in [0.2, 0.25) is 0 Å². The lowest BCUT2D eigenvalue weighted by Gasteiger charge is -2.07. The van der Waals surface area contributed by atoms with Gasteiger partial charge in [-0.3, -0.25) is 4.79 Å². The summed E-state index contributed by atoms with van der Waals surface area (Å²) in [4.78, 5) is 16.0. The van der Waals surface area contributed by atoms with E-state index in [2.05, 4.69) is 20.5 Å².